The summed E-state index contributed by atoms with van der Waals surface area (Å²) in [5.41, 5.74) is -0.0517. The maximum absolute atomic E-state index is 10.7. The Bertz CT molecular complexity index is 765. The van der Waals surface area contributed by atoms with Crippen LogP contribution in [-0.2, 0) is 6.54 Å². The van der Waals surface area contributed by atoms with Crippen molar-refractivity contribution in [2.45, 2.75) is 6.54 Å². The molecule has 0 saturated heterocycles. The van der Waals surface area contributed by atoms with Gasteiger partial charge >= 0.3 is 5.97 Å². The molecule has 0 fully saturated rings. The number of fused-ring (bicyclic) bond motifs is 1. The minimum Gasteiger partial charge on any atom is -0.476 e. The Hall–Kier alpha value is -1.92. The molecule has 0 saturated carbocycles. The van der Waals surface area contributed by atoms with E-state index in [2.05, 4.69) is 10.3 Å². The van der Waals surface area contributed by atoms with Gasteiger partial charge in [0.25, 0.3) is 0 Å². The Morgan fingerprint density at radius 1 is 1.42 bits per heavy atom. The first kappa shape index (κ1) is 12.1. The molecule has 0 amide bonds. The van der Waals surface area contributed by atoms with E-state index in [9.17, 15) is 4.79 Å². The van der Waals surface area contributed by atoms with Gasteiger partial charge in [0.1, 0.15) is 0 Å². The molecule has 0 radical (unpaired) electrons. The van der Waals surface area contributed by atoms with E-state index >= 15 is 0 Å². The minimum atomic E-state index is -1.07. The fourth-order valence-corrected chi connectivity index (χ4v) is 3.10. The van der Waals surface area contributed by atoms with Gasteiger partial charge in [-0.3, -0.25) is 0 Å². The highest BCUT2D eigenvalue weighted by Gasteiger charge is 2.09. The van der Waals surface area contributed by atoms with Crippen LogP contribution in [0.4, 0.5) is 0 Å². The van der Waals surface area contributed by atoms with E-state index in [4.69, 9.17) is 16.7 Å². The predicted molar refractivity (Wildman–Crippen MR) is 72.9 cm³/mol. The van der Waals surface area contributed by atoms with E-state index in [-0.39, 0.29) is 5.69 Å². The molecule has 0 aliphatic heterocycles. The summed E-state index contributed by atoms with van der Waals surface area (Å²) in [7, 11) is 0. The van der Waals surface area contributed by atoms with E-state index in [0.29, 0.717) is 11.6 Å². The van der Waals surface area contributed by atoms with Gasteiger partial charge in [-0.15, -0.1) is 16.4 Å². The van der Waals surface area contributed by atoms with Crippen LogP contribution in [0.2, 0.25) is 5.02 Å². The Morgan fingerprint density at radius 2 is 2.26 bits per heavy atom. The zero-order valence-electron chi connectivity index (χ0n) is 9.58. The third-order valence-corrected chi connectivity index (χ3v) is 3.93. The summed E-state index contributed by atoms with van der Waals surface area (Å²) in [5, 5.41) is 18.0. The number of carbonyl (C=O) groups is 1. The molecule has 1 N–H and O–H groups in total. The van der Waals surface area contributed by atoms with Gasteiger partial charge in [0, 0.05) is 14.6 Å². The fraction of sp³-hybridized carbons (Fsp3) is 0.0833. The molecule has 0 spiro atoms. The zero-order valence-corrected chi connectivity index (χ0v) is 11.1. The number of nitrogens with zero attached hydrogens (tertiary/aromatic N) is 3. The van der Waals surface area contributed by atoms with Crippen molar-refractivity contribution in [1.29, 1.82) is 0 Å². The number of hydrogen-bond acceptors (Lipinski definition) is 4. The number of halogens is 1. The maximum Gasteiger partial charge on any atom is 0.358 e. The Morgan fingerprint density at radius 3 is 3.00 bits per heavy atom. The van der Waals surface area contributed by atoms with Crippen molar-refractivity contribution in [2.75, 3.05) is 0 Å². The van der Waals surface area contributed by atoms with Crippen molar-refractivity contribution in [2.24, 2.45) is 0 Å². The molecule has 2 aromatic heterocycles. The second-order valence-corrected chi connectivity index (χ2v) is 5.61. The van der Waals surface area contributed by atoms with Crippen molar-refractivity contribution < 1.29 is 9.90 Å². The lowest BCUT2D eigenvalue weighted by atomic mass is 10.2. The van der Waals surface area contributed by atoms with Crippen molar-refractivity contribution in [3.8, 4) is 0 Å². The van der Waals surface area contributed by atoms with Gasteiger partial charge in [0.05, 0.1) is 12.7 Å². The summed E-state index contributed by atoms with van der Waals surface area (Å²) < 4.78 is 2.61. The Balaban J connectivity index is 1.89. The van der Waals surface area contributed by atoms with Gasteiger partial charge < -0.3 is 5.11 Å². The maximum atomic E-state index is 10.7. The molecular weight excluding hydrogens is 286 g/mol. The van der Waals surface area contributed by atoms with Crippen LogP contribution < -0.4 is 0 Å². The minimum absolute atomic E-state index is 0.0517. The molecule has 0 aliphatic carbocycles. The monoisotopic (exact) mass is 293 g/mol. The smallest absolute Gasteiger partial charge is 0.358 e. The predicted octanol–water partition coefficient (Wildman–Crippen LogP) is 2.89. The molecule has 3 aromatic rings. The number of aromatic carboxylic acids is 1. The van der Waals surface area contributed by atoms with Gasteiger partial charge in [0.2, 0.25) is 0 Å². The highest BCUT2D eigenvalue weighted by atomic mass is 35.5. The van der Waals surface area contributed by atoms with Gasteiger partial charge in [-0.25, -0.2) is 9.48 Å². The fourth-order valence-electron chi connectivity index (χ4n) is 1.77. The number of aromatic nitrogens is 3. The van der Waals surface area contributed by atoms with Gasteiger partial charge in [-0.1, -0.05) is 22.9 Å². The van der Waals surface area contributed by atoms with Crippen molar-refractivity contribution >= 4 is 39.0 Å². The third-order valence-electron chi connectivity index (χ3n) is 2.61. The van der Waals surface area contributed by atoms with Crippen LogP contribution in [0.5, 0.6) is 0 Å². The molecule has 19 heavy (non-hydrogen) atoms. The molecule has 3 rings (SSSR count). The van der Waals surface area contributed by atoms with E-state index in [1.807, 2.05) is 24.3 Å². The highest BCUT2D eigenvalue weighted by molar-refractivity contribution is 7.19. The van der Waals surface area contributed by atoms with Crippen LogP contribution >= 0.6 is 22.9 Å². The van der Waals surface area contributed by atoms with Crippen LogP contribution in [0.25, 0.3) is 10.1 Å². The number of thiophene rings is 1. The quantitative estimate of drug-likeness (QED) is 0.806. The molecule has 7 heteroatoms. The third kappa shape index (κ3) is 2.45. The van der Waals surface area contributed by atoms with Gasteiger partial charge in [-0.05, 0) is 23.6 Å². The normalized spacial score (nSPS) is 11.0. The highest BCUT2D eigenvalue weighted by Crippen LogP contribution is 2.28. The van der Waals surface area contributed by atoms with E-state index < -0.39 is 5.97 Å². The Labute approximate surface area is 117 Å². The number of rotatable bonds is 3. The van der Waals surface area contributed by atoms with E-state index in [1.54, 1.807) is 11.3 Å². The summed E-state index contributed by atoms with van der Waals surface area (Å²) >= 11 is 7.54. The van der Waals surface area contributed by atoms with Crippen molar-refractivity contribution in [3.63, 3.8) is 0 Å². The van der Waals surface area contributed by atoms with Crippen LogP contribution in [0.15, 0.2) is 30.5 Å². The van der Waals surface area contributed by atoms with Gasteiger partial charge in [-0.2, -0.15) is 0 Å². The van der Waals surface area contributed by atoms with Gasteiger partial charge in [0.15, 0.2) is 5.69 Å². The molecule has 0 aliphatic rings. The molecule has 1 aromatic carbocycles. The summed E-state index contributed by atoms with van der Waals surface area (Å²) in [6, 6.07) is 7.76. The number of carboxylic acids is 1. The van der Waals surface area contributed by atoms with E-state index in [1.165, 1.54) is 10.9 Å². The number of carboxylic acid groups (broad SMARTS) is 1. The lowest BCUT2D eigenvalue weighted by Gasteiger charge is -1.94. The molecule has 96 valence electrons. The molecule has 5 nitrogen and oxygen atoms in total. The van der Waals surface area contributed by atoms with Crippen LogP contribution in [0.3, 0.4) is 0 Å². The second kappa shape index (κ2) is 4.64. The number of hydrogen-bond donors (Lipinski definition) is 1. The first-order chi connectivity index (χ1) is 9.11. The summed E-state index contributed by atoms with van der Waals surface area (Å²) in [4.78, 5) is 11.8. The lowest BCUT2D eigenvalue weighted by Crippen LogP contribution is -1.98. The standard InChI is InChI=1S/C12H8ClN3O2S/c13-8-2-1-7-3-9(19-11(7)4-8)5-16-6-10(12(17)18)14-15-16/h1-4,6H,5H2,(H,17,18). The van der Waals surface area contributed by atoms with Crippen LogP contribution in [-0.4, -0.2) is 26.1 Å². The molecule has 0 bridgehead atoms. The summed E-state index contributed by atoms with van der Waals surface area (Å²) in [5.74, 6) is -1.07. The summed E-state index contributed by atoms with van der Waals surface area (Å²) in [6.45, 7) is 0.497. The largest absolute Gasteiger partial charge is 0.476 e. The van der Waals surface area contributed by atoms with Crippen molar-refractivity contribution in [3.05, 3.63) is 46.1 Å². The molecule has 0 unspecified atom stereocenters. The Kier molecular flexibility index (Phi) is 2.96. The van der Waals surface area contributed by atoms with Crippen molar-refractivity contribution in [1.82, 2.24) is 15.0 Å². The summed E-state index contributed by atoms with van der Waals surface area (Å²) in [6.07, 6.45) is 1.42. The first-order valence-corrected chi connectivity index (χ1v) is 6.63. The first-order valence-electron chi connectivity index (χ1n) is 5.43. The van der Waals surface area contributed by atoms with Crippen LogP contribution in [0.1, 0.15) is 15.4 Å². The molecule has 2 heterocycles. The second-order valence-electron chi connectivity index (χ2n) is 4.00. The number of benzene rings is 1. The van der Waals surface area contributed by atoms with Crippen LogP contribution in [0, 0.1) is 0 Å². The molecular formula is C12H8ClN3O2S. The average molecular weight is 294 g/mol. The topological polar surface area (TPSA) is 68.0 Å². The van der Waals surface area contributed by atoms with E-state index in [0.717, 1.165) is 15.0 Å². The zero-order chi connectivity index (χ0) is 13.4. The average Bonchev–Trinajstić information content (AvgIpc) is 2.95. The lowest BCUT2D eigenvalue weighted by molar-refractivity contribution is 0.0690. The SMILES string of the molecule is O=C(O)c1cn(Cc2cc3ccc(Cl)cc3s2)nn1. The molecule has 0 atom stereocenters.